The van der Waals surface area contributed by atoms with Gasteiger partial charge in [-0.15, -0.1) is 0 Å². The Kier molecular flexibility index (Phi) is 8.93. The van der Waals surface area contributed by atoms with E-state index in [0.717, 1.165) is 18.4 Å². The monoisotopic (exact) mass is 438 g/mol. The van der Waals surface area contributed by atoms with Crippen LogP contribution in [0.3, 0.4) is 0 Å². The van der Waals surface area contributed by atoms with E-state index in [9.17, 15) is 14.0 Å². The summed E-state index contributed by atoms with van der Waals surface area (Å²) in [6.45, 7) is 4.47. The van der Waals surface area contributed by atoms with E-state index in [1.165, 1.54) is 17.0 Å². The van der Waals surface area contributed by atoms with Gasteiger partial charge in [0.2, 0.25) is 11.8 Å². The summed E-state index contributed by atoms with van der Waals surface area (Å²) < 4.78 is 13.2. The number of benzene rings is 2. The Labute approximate surface area is 181 Å². The molecular weight excluding hydrogens is 414 g/mol. The third kappa shape index (κ3) is 7.02. The maximum Gasteiger partial charge on any atom is 0.242 e. The molecule has 1 unspecified atom stereocenters. The van der Waals surface area contributed by atoms with Crippen LogP contribution in [0.25, 0.3) is 0 Å². The van der Waals surface area contributed by atoms with Crippen LogP contribution in [0.2, 0.25) is 10.0 Å². The zero-order valence-corrected chi connectivity index (χ0v) is 18.1. The zero-order valence-electron chi connectivity index (χ0n) is 16.6. The van der Waals surface area contributed by atoms with Gasteiger partial charge < -0.3 is 10.2 Å². The molecule has 0 bridgehead atoms. The molecule has 0 aliphatic rings. The molecule has 0 spiro atoms. The lowest BCUT2D eigenvalue weighted by Crippen LogP contribution is -2.48. The van der Waals surface area contributed by atoms with Gasteiger partial charge in [0.15, 0.2) is 0 Å². The number of rotatable bonds is 9. The number of hydrogen-bond acceptors (Lipinski definition) is 2. The molecule has 0 heterocycles. The van der Waals surface area contributed by atoms with E-state index in [1.807, 2.05) is 6.92 Å². The molecule has 1 atom stereocenters. The molecule has 0 aromatic heterocycles. The number of amides is 2. The Morgan fingerprint density at radius 1 is 1.14 bits per heavy atom. The molecule has 0 aliphatic carbocycles. The lowest BCUT2D eigenvalue weighted by atomic mass is 10.1. The first kappa shape index (κ1) is 23.2. The third-order valence-corrected chi connectivity index (χ3v) is 5.21. The molecule has 29 heavy (non-hydrogen) atoms. The van der Waals surface area contributed by atoms with Gasteiger partial charge in [0.25, 0.3) is 0 Å². The van der Waals surface area contributed by atoms with Crippen molar-refractivity contribution < 1.29 is 14.0 Å². The quantitative estimate of drug-likeness (QED) is 0.559. The van der Waals surface area contributed by atoms with Crippen molar-refractivity contribution in [2.24, 2.45) is 0 Å². The number of halogens is 3. The summed E-state index contributed by atoms with van der Waals surface area (Å²) >= 11 is 12.1. The first-order valence-electron chi connectivity index (χ1n) is 9.57. The van der Waals surface area contributed by atoms with E-state index in [1.54, 1.807) is 37.3 Å². The van der Waals surface area contributed by atoms with Gasteiger partial charge in [0.1, 0.15) is 11.9 Å². The highest BCUT2D eigenvalue weighted by atomic mass is 35.5. The van der Waals surface area contributed by atoms with Crippen LogP contribution in [0.15, 0.2) is 42.5 Å². The minimum atomic E-state index is -0.685. The molecule has 4 nitrogen and oxygen atoms in total. The predicted octanol–water partition coefficient (Wildman–Crippen LogP) is 5.01. The van der Waals surface area contributed by atoms with Crippen LogP contribution in [-0.2, 0) is 22.6 Å². The molecule has 2 aromatic rings. The van der Waals surface area contributed by atoms with Crippen molar-refractivity contribution in [1.29, 1.82) is 0 Å². The fraction of sp³-hybridized carbons (Fsp3) is 0.364. The van der Waals surface area contributed by atoms with Crippen molar-refractivity contribution in [3.63, 3.8) is 0 Å². The minimum Gasteiger partial charge on any atom is -0.354 e. The van der Waals surface area contributed by atoms with Crippen molar-refractivity contribution >= 4 is 35.0 Å². The molecule has 0 fully saturated rings. The smallest absolute Gasteiger partial charge is 0.242 e. The van der Waals surface area contributed by atoms with Crippen LogP contribution in [0.4, 0.5) is 4.39 Å². The Hall–Kier alpha value is -2.11. The summed E-state index contributed by atoms with van der Waals surface area (Å²) in [4.78, 5) is 27.1. The SMILES string of the molecule is CCCCNC(=O)C(C)N(Cc1ccc(F)cc1)C(=O)Cc1ccc(Cl)cc1Cl. The zero-order chi connectivity index (χ0) is 21.4. The van der Waals surface area contributed by atoms with Crippen molar-refractivity contribution in [2.45, 2.75) is 45.7 Å². The second-order valence-corrected chi connectivity index (χ2v) is 7.72. The predicted molar refractivity (Wildman–Crippen MR) is 114 cm³/mol. The highest BCUT2D eigenvalue weighted by Gasteiger charge is 2.26. The Balaban J connectivity index is 2.20. The third-order valence-electron chi connectivity index (χ3n) is 4.62. The molecule has 2 aromatic carbocycles. The van der Waals surface area contributed by atoms with Crippen LogP contribution in [-0.4, -0.2) is 29.3 Å². The first-order valence-corrected chi connectivity index (χ1v) is 10.3. The molecular formula is C22H25Cl2FN2O2. The Bertz CT molecular complexity index is 843. The van der Waals surface area contributed by atoms with E-state index in [0.29, 0.717) is 22.2 Å². The second kappa shape index (κ2) is 11.2. The van der Waals surface area contributed by atoms with Crippen LogP contribution < -0.4 is 5.32 Å². The molecule has 2 rings (SSSR count). The molecule has 0 saturated heterocycles. The van der Waals surface area contributed by atoms with E-state index < -0.39 is 6.04 Å². The van der Waals surface area contributed by atoms with E-state index in [2.05, 4.69) is 5.32 Å². The van der Waals surface area contributed by atoms with Gasteiger partial charge in [-0.2, -0.15) is 0 Å². The van der Waals surface area contributed by atoms with E-state index >= 15 is 0 Å². The number of carbonyl (C=O) groups is 2. The number of nitrogens with one attached hydrogen (secondary N) is 1. The number of hydrogen-bond donors (Lipinski definition) is 1. The van der Waals surface area contributed by atoms with E-state index in [-0.39, 0.29) is 30.6 Å². The number of carbonyl (C=O) groups excluding carboxylic acids is 2. The van der Waals surface area contributed by atoms with Gasteiger partial charge >= 0.3 is 0 Å². The maximum atomic E-state index is 13.2. The van der Waals surface area contributed by atoms with Gasteiger partial charge in [-0.25, -0.2) is 4.39 Å². The van der Waals surface area contributed by atoms with Crippen LogP contribution in [0.1, 0.15) is 37.8 Å². The minimum absolute atomic E-state index is 0.0315. The van der Waals surface area contributed by atoms with Gasteiger partial charge in [0, 0.05) is 23.1 Å². The number of unbranched alkanes of at least 4 members (excludes halogenated alkanes) is 1. The fourth-order valence-electron chi connectivity index (χ4n) is 2.83. The molecule has 156 valence electrons. The molecule has 2 amide bonds. The second-order valence-electron chi connectivity index (χ2n) is 6.88. The Morgan fingerprint density at radius 3 is 2.45 bits per heavy atom. The highest BCUT2D eigenvalue weighted by molar-refractivity contribution is 6.35. The maximum absolute atomic E-state index is 13.2. The summed E-state index contributed by atoms with van der Waals surface area (Å²) in [5.41, 5.74) is 1.36. The first-order chi connectivity index (χ1) is 13.8. The van der Waals surface area contributed by atoms with Gasteiger partial charge in [-0.1, -0.05) is 54.7 Å². The molecule has 7 heteroatoms. The lowest BCUT2D eigenvalue weighted by Gasteiger charge is -2.29. The van der Waals surface area contributed by atoms with Gasteiger partial charge in [-0.3, -0.25) is 9.59 Å². The normalized spacial score (nSPS) is 11.8. The largest absolute Gasteiger partial charge is 0.354 e. The summed E-state index contributed by atoms with van der Waals surface area (Å²) in [6, 6.07) is 10.1. The summed E-state index contributed by atoms with van der Waals surface area (Å²) in [5.74, 6) is -0.835. The van der Waals surface area contributed by atoms with Gasteiger partial charge in [-0.05, 0) is 48.7 Å². The highest BCUT2D eigenvalue weighted by Crippen LogP contribution is 2.22. The summed E-state index contributed by atoms with van der Waals surface area (Å²) in [5, 5.41) is 3.74. The molecule has 0 saturated carbocycles. The van der Waals surface area contributed by atoms with Crippen molar-refractivity contribution in [2.75, 3.05) is 6.54 Å². The summed E-state index contributed by atoms with van der Waals surface area (Å²) in [6.07, 6.45) is 1.86. The van der Waals surface area contributed by atoms with Gasteiger partial charge in [0.05, 0.1) is 6.42 Å². The Morgan fingerprint density at radius 2 is 1.83 bits per heavy atom. The number of nitrogens with zero attached hydrogens (tertiary/aromatic N) is 1. The fourth-order valence-corrected chi connectivity index (χ4v) is 3.31. The molecule has 0 radical (unpaired) electrons. The van der Waals surface area contributed by atoms with Crippen molar-refractivity contribution in [3.8, 4) is 0 Å². The average molecular weight is 439 g/mol. The van der Waals surface area contributed by atoms with Crippen LogP contribution >= 0.6 is 23.2 Å². The standard InChI is InChI=1S/C22H25Cl2FN2O2/c1-3-4-11-26-22(29)15(2)27(14-16-5-9-19(25)10-6-16)21(28)12-17-7-8-18(23)13-20(17)24/h5-10,13,15H,3-4,11-12,14H2,1-2H3,(H,26,29). The summed E-state index contributed by atoms with van der Waals surface area (Å²) in [7, 11) is 0. The topological polar surface area (TPSA) is 49.4 Å². The van der Waals surface area contributed by atoms with Crippen molar-refractivity contribution in [3.05, 3.63) is 69.5 Å². The molecule has 0 aliphatic heterocycles. The average Bonchev–Trinajstić information content (AvgIpc) is 2.69. The molecule has 1 N–H and O–H groups in total. The van der Waals surface area contributed by atoms with E-state index in [4.69, 9.17) is 23.2 Å². The van der Waals surface area contributed by atoms with Crippen molar-refractivity contribution in [1.82, 2.24) is 10.2 Å². The van der Waals surface area contributed by atoms with Crippen LogP contribution in [0.5, 0.6) is 0 Å². The van der Waals surface area contributed by atoms with Crippen LogP contribution in [0, 0.1) is 5.82 Å². The lowest BCUT2D eigenvalue weighted by molar-refractivity contribution is -0.140.